The summed E-state index contributed by atoms with van der Waals surface area (Å²) in [4.78, 5) is 4.19. The molecule has 1 unspecified atom stereocenters. The second kappa shape index (κ2) is 3.75. The highest BCUT2D eigenvalue weighted by atomic mass is 32.1. The van der Waals surface area contributed by atoms with Gasteiger partial charge in [-0.3, -0.25) is 0 Å². The van der Waals surface area contributed by atoms with E-state index in [1.165, 1.54) is 0 Å². The number of rotatable bonds is 2. The number of thiazole rings is 1. The summed E-state index contributed by atoms with van der Waals surface area (Å²) < 4.78 is 5.30. The van der Waals surface area contributed by atoms with E-state index in [1.54, 1.807) is 17.5 Å². The van der Waals surface area contributed by atoms with Gasteiger partial charge in [-0.1, -0.05) is 5.16 Å². The zero-order chi connectivity index (χ0) is 10.1. The number of hydrogen-bond donors (Lipinski definition) is 0. The maximum atomic E-state index is 5.30. The van der Waals surface area contributed by atoms with Crippen molar-refractivity contribution in [2.75, 3.05) is 6.54 Å². The van der Waals surface area contributed by atoms with E-state index in [1.807, 2.05) is 11.4 Å². The van der Waals surface area contributed by atoms with Gasteiger partial charge >= 0.3 is 0 Å². The third-order valence-electron chi connectivity index (χ3n) is 2.49. The van der Waals surface area contributed by atoms with E-state index in [0.717, 1.165) is 35.8 Å². The van der Waals surface area contributed by atoms with Crippen molar-refractivity contribution in [3.8, 4) is 10.7 Å². The SMILES string of the molecule is c1csc(-c2cc(C3CCC[N]3)on2)n1. The largest absolute Gasteiger partial charge is 0.359 e. The fourth-order valence-electron chi connectivity index (χ4n) is 1.75. The van der Waals surface area contributed by atoms with Crippen molar-refractivity contribution in [3.63, 3.8) is 0 Å². The topological polar surface area (TPSA) is 53.0 Å². The van der Waals surface area contributed by atoms with Crippen LogP contribution in [-0.4, -0.2) is 16.7 Å². The van der Waals surface area contributed by atoms with Gasteiger partial charge in [0.1, 0.15) is 10.7 Å². The predicted molar refractivity (Wildman–Crippen MR) is 56.6 cm³/mol. The third kappa shape index (κ3) is 1.68. The molecule has 0 aliphatic carbocycles. The van der Waals surface area contributed by atoms with Crippen LogP contribution in [0.4, 0.5) is 0 Å². The van der Waals surface area contributed by atoms with Crippen LogP contribution in [0, 0.1) is 0 Å². The molecule has 5 heteroatoms. The van der Waals surface area contributed by atoms with E-state index in [-0.39, 0.29) is 6.04 Å². The molecule has 3 rings (SSSR count). The molecular weight excluding hydrogens is 210 g/mol. The highest BCUT2D eigenvalue weighted by molar-refractivity contribution is 7.13. The van der Waals surface area contributed by atoms with Crippen molar-refractivity contribution >= 4 is 11.3 Å². The molecule has 77 valence electrons. The lowest BCUT2D eigenvalue weighted by atomic mass is 10.2. The van der Waals surface area contributed by atoms with Gasteiger partial charge < -0.3 is 4.52 Å². The second-order valence-corrected chi connectivity index (χ2v) is 4.41. The van der Waals surface area contributed by atoms with Crippen molar-refractivity contribution in [3.05, 3.63) is 23.4 Å². The summed E-state index contributed by atoms with van der Waals surface area (Å²) in [5.41, 5.74) is 0.821. The maximum Gasteiger partial charge on any atom is 0.155 e. The van der Waals surface area contributed by atoms with Crippen molar-refractivity contribution < 1.29 is 4.52 Å². The van der Waals surface area contributed by atoms with Gasteiger partial charge in [-0.25, -0.2) is 10.3 Å². The van der Waals surface area contributed by atoms with Crippen molar-refractivity contribution in [2.45, 2.75) is 18.9 Å². The summed E-state index contributed by atoms with van der Waals surface area (Å²) in [6.07, 6.45) is 4.00. The quantitative estimate of drug-likeness (QED) is 0.779. The lowest BCUT2D eigenvalue weighted by Crippen LogP contribution is -2.03. The molecule has 1 aliphatic heterocycles. The molecular formula is C10H10N3OS. The Bertz CT molecular complexity index is 431. The average molecular weight is 220 g/mol. The Balaban J connectivity index is 1.87. The average Bonchev–Trinajstić information content (AvgIpc) is 3.02. The molecule has 1 aliphatic rings. The van der Waals surface area contributed by atoms with Crippen LogP contribution in [0.5, 0.6) is 0 Å². The van der Waals surface area contributed by atoms with Crippen LogP contribution in [0.2, 0.25) is 0 Å². The molecule has 4 nitrogen and oxygen atoms in total. The Hall–Kier alpha value is -1.20. The fraction of sp³-hybridized carbons (Fsp3) is 0.400. The van der Waals surface area contributed by atoms with Gasteiger partial charge in [0, 0.05) is 24.2 Å². The van der Waals surface area contributed by atoms with Crippen molar-refractivity contribution in [1.29, 1.82) is 0 Å². The van der Waals surface area contributed by atoms with Gasteiger partial charge in [0.2, 0.25) is 0 Å². The minimum absolute atomic E-state index is 0.214. The van der Waals surface area contributed by atoms with Gasteiger partial charge in [0.15, 0.2) is 5.76 Å². The van der Waals surface area contributed by atoms with Gasteiger partial charge in [-0.05, 0) is 12.8 Å². The molecule has 0 bridgehead atoms. The summed E-state index contributed by atoms with van der Waals surface area (Å²) in [5, 5.41) is 11.3. The molecule has 0 saturated carbocycles. The van der Waals surface area contributed by atoms with Crippen LogP contribution in [0.3, 0.4) is 0 Å². The molecule has 3 heterocycles. The first-order valence-electron chi connectivity index (χ1n) is 4.96. The Morgan fingerprint density at radius 1 is 1.47 bits per heavy atom. The zero-order valence-corrected chi connectivity index (χ0v) is 8.91. The molecule has 0 N–H and O–H groups in total. The van der Waals surface area contributed by atoms with Crippen LogP contribution in [0.1, 0.15) is 24.6 Å². The Morgan fingerprint density at radius 3 is 3.20 bits per heavy atom. The highest BCUT2D eigenvalue weighted by Crippen LogP contribution is 2.28. The number of nitrogens with zero attached hydrogens (tertiary/aromatic N) is 3. The maximum absolute atomic E-state index is 5.30. The van der Waals surface area contributed by atoms with Gasteiger partial charge in [0.25, 0.3) is 0 Å². The molecule has 1 atom stereocenters. The van der Waals surface area contributed by atoms with Crippen molar-refractivity contribution in [1.82, 2.24) is 15.5 Å². The van der Waals surface area contributed by atoms with Crippen LogP contribution >= 0.6 is 11.3 Å². The fourth-order valence-corrected chi connectivity index (χ4v) is 2.34. The molecule has 0 spiro atoms. The summed E-state index contributed by atoms with van der Waals surface area (Å²) in [5.74, 6) is 0.873. The first-order valence-corrected chi connectivity index (χ1v) is 5.84. The normalized spacial score (nSPS) is 20.9. The predicted octanol–water partition coefficient (Wildman–Crippen LogP) is 2.24. The van der Waals surface area contributed by atoms with E-state index in [2.05, 4.69) is 15.5 Å². The first-order chi connectivity index (χ1) is 7.43. The Morgan fingerprint density at radius 2 is 2.47 bits per heavy atom. The minimum Gasteiger partial charge on any atom is -0.359 e. The Kier molecular flexibility index (Phi) is 2.26. The zero-order valence-electron chi connectivity index (χ0n) is 8.09. The molecule has 1 radical (unpaired) electrons. The first kappa shape index (κ1) is 9.06. The number of aromatic nitrogens is 2. The summed E-state index contributed by atoms with van der Waals surface area (Å²) >= 11 is 1.57. The van der Waals surface area contributed by atoms with Crippen LogP contribution in [0.25, 0.3) is 10.7 Å². The lowest BCUT2D eigenvalue weighted by Gasteiger charge is -2.00. The molecule has 2 aromatic heterocycles. The van der Waals surface area contributed by atoms with E-state index in [0.29, 0.717) is 0 Å². The molecule has 0 amide bonds. The molecule has 1 fully saturated rings. The van der Waals surface area contributed by atoms with Gasteiger partial charge in [-0.2, -0.15) is 0 Å². The lowest BCUT2D eigenvalue weighted by molar-refractivity contribution is 0.351. The van der Waals surface area contributed by atoms with E-state index in [4.69, 9.17) is 4.52 Å². The summed E-state index contributed by atoms with van der Waals surface area (Å²) in [6.45, 7) is 0.942. The Labute approximate surface area is 91.3 Å². The number of hydrogen-bond acceptors (Lipinski definition) is 4. The summed E-state index contributed by atoms with van der Waals surface area (Å²) in [7, 11) is 0. The molecule has 15 heavy (non-hydrogen) atoms. The van der Waals surface area contributed by atoms with Crippen molar-refractivity contribution in [2.24, 2.45) is 0 Å². The van der Waals surface area contributed by atoms with Crippen LogP contribution in [-0.2, 0) is 0 Å². The standard InChI is InChI=1S/C10H10N3OS/c1-2-7(11-3-1)9-6-8(13-14-9)10-12-4-5-15-10/h4-7H,1-3H2. The molecule has 0 aromatic carbocycles. The van der Waals surface area contributed by atoms with Gasteiger partial charge in [0.05, 0.1) is 6.04 Å². The monoisotopic (exact) mass is 220 g/mol. The smallest absolute Gasteiger partial charge is 0.155 e. The van der Waals surface area contributed by atoms with Crippen LogP contribution in [0.15, 0.2) is 22.2 Å². The van der Waals surface area contributed by atoms with E-state index < -0.39 is 0 Å². The van der Waals surface area contributed by atoms with E-state index >= 15 is 0 Å². The highest BCUT2D eigenvalue weighted by Gasteiger charge is 2.22. The minimum atomic E-state index is 0.214. The second-order valence-electron chi connectivity index (χ2n) is 3.52. The van der Waals surface area contributed by atoms with Crippen LogP contribution < -0.4 is 5.32 Å². The summed E-state index contributed by atoms with van der Waals surface area (Å²) in [6, 6.07) is 2.17. The molecule has 2 aromatic rings. The molecule has 1 saturated heterocycles. The van der Waals surface area contributed by atoms with Gasteiger partial charge in [-0.15, -0.1) is 11.3 Å². The third-order valence-corrected chi connectivity index (χ3v) is 3.29. The van der Waals surface area contributed by atoms with E-state index in [9.17, 15) is 0 Å².